The predicted molar refractivity (Wildman–Crippen MR) is 73.3 cm³/mol. The number of unbranched alkanes of at least 4 members (excludes halogenated alkanes) is 1. The predicted octanol–water partition coefficient (Wildman–Crippen LogP) is 2.58. The van der Waals surface area contributed by atoms with Crippen LogP contribution in [0.5, 0.6) is 0 Å². The van der Waals surface area contributed by atoms with Crippen LogP contribution in [0.1, 0.15) is 46.0 Å². The second kappa shape index (κ2) is 9.41. The minimum Gasteiger partial charge on any atom is -0.478 e. The van der Waals surface area contributed by atoms with E-state index in [1.165, 1.54) is 19.1 Å². The average molecular weight is 294 g/mol. The fraction of sp³-hybridized carbons (Fsp3) is 0.357. The summed E-state index contributed by atoms with van der Waals surface area (Å²) in [5.41, 5.74) is -0.494. The van der Waals surface area contributed by atoms with Crippen LogP contribution in [0, 0.1) is 6.92 Å². The van der Waals surface area contributed by atoms with Crippen LogP contribution in [0.2, 0.25) is 0 Å². The van der Waals surface area contributed by atoms with Gasteiger partial charge in [0.05, 0.1) is 23.4 Å². The summed E-state index contributed by atoms with van der Waals surface area (Å²) in [6.45, 7) is 3.45. The molecule has 0 saturated heterocycles. The zero-order chi connectivity index (χ0) is 16.4. The Bertz CT molecular complexity index is 559. The standard InChI is InChI=1S/C10H7NO5.C4H9O/c1-5-6(9(13)14)2-3-7(11-4-12)8(5)10(15)16;1-2-3-4-5/h2-3H,1H3,(H,13,14)(H,15,16);2-4H2,1H3. The highest BCUT2D eigenvalue weighted by Crippen LogP contribution is 2.25. The van der Waals surface area contributed by atoms with E-state index in [-0.39, 0.29) is 29.0 Å². The van der Waals surface area contributed by atoms with E-state index in [1.807, 2.05) is 6.92 Å². The van der Waals surface area contributed by atoms with Gasteiger partial charge in [-0.2, -0.15) is 4.99 Å². The van der Waals surface area contributed by atoms with Crippen molar-refractivity contribution >= 4 is 23.7 Å². The fourth-order valence-electron chi connectivity index (χ4n) is 1.49. The van der Waals surface area contributed by atoms with Gasteiger partial charge < -0.3 is 10.2 Å². The van der Waals surface area contributed by atoms with Gasteiger partial charge in [0.25, 0.3) is 0 Å². The van der Waals surface area contributed by atoms with Crippen molar-refractivity contribution in [2.24, 2.45) is 4.99 Å². The van der Waals surface area contributed by atoms with Crippen LogP contribution in [0.3, 0.4) is 0 Å². The molecule has 0 bridgehead atoms. The Morgan fingerprint density at radius 3 is 2.19 bits per heavy atom. The lowest BCUT2D eigenvalue weighted by molar-refractivity contribution is 0.0696. The molecule has 0 fully saturated rings. The van der Waals surface area contributed by atoms with E-state index < -0.39 is 11.9 Å². The van der Waals surface area contributed by atoms with Crippen LogP contribution < -0.4 is 0 Å². The summed E-state index contributed by atoms with van der Waals surface area (Å²) in [7, 11) is 0. The van der Waals surface area contributed by atoms with Crippen molar-refractivity contribution in [3.05, 3.63) is 28.8 Å². The molecule has 2 N–H and O–H groups in total. The van der Waals surface area contributed by atoms with Gasteiger partial charge in [-0.3, -0.25) is 0 Å². The third-order valence-corrected chi connectivity index (χ3v) is 2.55. The van der Waals surface area contributed by atoms with E-state index in [0.29, 0.717) is 0 Å². The summed E-state index contributed by atoms with van der Waals surface area (Å²) in [4.78, 5) is 35.0. The average Bonchev–Trinajstić information content (AvgIpc) is 2.40. The van der Waals surface area contributed by atoms with Crippen LogP contribution >= 0.6 is 0 Å². The maximum atomic E-state index is 10.9. The van der Waals surface area contributed by atoms with E-state index in [0.717, 1.165) is 18.9 Å². The molecular weight excluding hydrogens is 278 g/mol. The van der Waals surface area contributed by atoms with Crippen molar-refractivity contribution in [3.63, 3.8) is 0 Å². The summed E-state index contributed by atoms with van der Waals surface area (Å²) in [6, 6.07) is 2.35. The molecule has 1 radical (unpaired) electrons. The first-order valence-electron chi connectivity index (χ1n) is 6.16. The number of carbonyl (C=O) groups is 2. The van der Waals surface area contributed by atoms with Crippen molar-refractivity contribution in [2.45, 2.75) is 26.7 Å². The first kappa shape index (κ1) is 18.5. The van der Waals surface area contributed by atoms with Crippen molar-refractivity contribution in [1.82, 2.24) is 0 Å². The van der Waals surface area contributed by atoms with E-state index in [2.05, 4.69) is 4.99 Å². The van der Waals surface area contributed by atoms with Gasteiger partial charge in [-0.1, -0.05) is 13.3 Å². The Kier molecular flexibility index (Phi) is 8.29. The third-order valence-electron chi connectivity index (χ3n) is 2.55. The van der Waals surface area contributed by atoms with E-state index >= 15 is 0 Å². The number of hydrogen-bond donors (Lipinski definition) is 2. The van der Waals surface area contributed by atoms with Crippen molar-refractivity contribution in [3.8, 4) is 0 Å². The second-order valence-corrected chi connectivity index (χ2v) is 4.00. The zero-order valence-electron chi connectivity index (χ0n) is 11.8. The topological polar surface area (TPSA) is 124 Å². The molecule has 7 nitrogen and oxygen atoms in total. The maximum absolute atomic E-state index is 10.9. The van der Waals surface area contributed by atoms with Crippen LogP contribution in [0.15, 0.2) is 17.1 Å². The van der Waals surface area contributed by atoms with Crippen LogP contribution in [0.4, 0.5) is 5.69 Å². The quantitative estimate of drug-likeness (QED) is 0.638. The molecule has 1 rings (SSSR count). The van der Waals surface area contributed by atoms with Gasteiger partial charge in [-0.05, 0) is 31.0 Å². The number of aromatic carboxylic acids is 2. The lowest BCUT2D eigenvalue weighted by Gasteiger charge is -2.06. The Morgan fingerprint density at radius 2 is 1.86 bits per heavy atom. The summed E-state index contributed by atoms with van der Waals surface area (Å²) in [5, 5.41) is 27.2. The lowest BCUT2D eigenvalue weighted by atomic mass is 10.0. The molecule has 0 unspecified atom stereocenters. The molecular formula is C14H16NO6. The van der Waals surface area contributed by atoms with Crippen LogP contribution in [-0.2, 0) is 9.90 Å². The number of benzene rings is 1. The highest BCUT2D eigenvalue weighted by atomic mass is 16.4. The molecule has 0 aromatic heterocycles. The third kappa shape index (κ3) is 5.56. The van der Waals surface area contributed by atoms with Gasteiger partial charge >= 0.3 is 11.9 Å². The molecule has 1 aromatic rings. The maximum Gasteiger partial charge on any atom is 0.338 e. The van der Waals surface area contributed by atoms with E-state index in [9.17, 15) is 19.5 Å². The Hall–Kier alpha value is -2.50. The highest BCUT2D eigenvalue weighted by molar-refractivity contribution is 6.00. The molecule has 0 aliphatic carbocycles. The molecule has 0 aliphatic rings. The van der Waals surface area contributed by atoms with Gasteiger partial charge in [0.2, 0.25) is 6.08 Å². The fourth-order valence-corrected chi connectivity index (χ4v) is 1.49. The zero-order valence-corrected chi connectivity index (χ0v) is 11.8. The number of isocyanates is 1. The van der Waals surface area contributed by atoms with Gasteiger partial charge in [0.1, 0.15) is 0 Å². The summed E-state index contributed by atoms with van der Waals surface area (Å²) < 4.78 is 0. The molecule has 0 amide bonds. The van der Waals surface area contributed by atoms with E-state index in [1.54, 1.807) is 0 Å². The monoisotopic (exact) mass is 294 g/mol. The molecule has 0 aliphatic heterocycles. The SMILES string of the molecule is CCCC[O].Cc1c(C(=O)O)ccc(N=C=O)c1C(=O)O. The van der Waals surface area contributed by atoms with Crippen molar-refractivity contribution in [2.75, 3.05) is 6.61 Å². The van der Waals surface area contributed by atoms with Gasteiger partial charge in [0, 0.05) is 0 Å². The highest BCUT2D eigenvalue weighted by Gasteiger charge is 2.19. The Balaban J connectivity index is 0.000000690. The van der Waals surface area contributed by atoms with Gasteiger partial charge in [-0.15, -0.1) is 0 Å². The van der Waals surface area contributed by atoms with Crippen molar-refractivity contribution in [1.29, 1.82) is 0 Å². The summed E-state index contributed by atoms with van der Waals surface area (Å²) in [5.74, 6) is -2.57. The first-order valence-corrected chi connectivity index (χ1v) is 6.16. The molecule has 0 spiro atoms. The number of hydrogen-bond acceptors (Lipinski definition) is 4. The number of rotatable bonds is 5. The summed E-state index contributed by atoms with van der Waals surface area (Å²) >= 11 is 0. The number of nitrogens with zero attached hydrogens (tertiary/aromatic N) is 1. The Morgan fingerprint density at radius 1 is 1.24 bits per heavy atom. The molecule has 0 saturated carbocycles. The van der Waals surface area contributed by atoms with Gasteiger partial charge in [0.15, 0.2) is 0 Å². The molecule has 1 aromatic carbocycles. The Labute approximate surface area is 121 Å². The van der Waals surface area contributed by atoms with E-state index in [4.69, 9.17) is 10.2 Å². The second-order valence-electron chi connectivity index (χ2n) is 4.00. The summed E-state index contributed by atoms with van der Waals surface area (Å²) in [6.07, 6.45) is 3.08. The first-order chi connectivity index (χ1) is 9.90. The number of carbonyl (C=O) groups excluding carboxylic acids is 1. The largest absolute Gasteiger partial charge is 0.478 e. The normalized spacial score (nSPS) is 9.10. The lowest BCUT2D eigenvalue weighted by Crippen LogP contribution is -2.07. The minimum atomic E-state index is -1.34. The van der Waals surface area contributed by atoms with Crippen LogP contribution in [0.25, 0.3) is 0 Å². The minimum absolute atomic E-state index is 0.0523. The number of aliphatic imine (C=N–C) groups is 1. The molecule has 0 heterocycles. The van der Waals surface area contributed by atoms with Gasteiger partial charge in [-0.25, -0.2) is 19.5 Å². The number of carboxylic acid groups (broad SMARTS) is 2. The molecule has 113 valence electrons. The number of carboxylic acids is 2. The van der Waals surface area contributed by atoms with Crippen molar-refractivity contribution < 1.29 is 29.7 Å². The van der Waals surface area contributed by atoms with Crippen LogP contribution in [-0.4, -0.2) is 34.8 Å². The smallest absolute Gasteiger partial charge is 0.338 e. The molecule has 0 atom stereocenters. The molecule has 21 heavy (non-hydrogen) atoms. The molecule has 7 heteroatoms.